The van der Waals surface area contributed by atoms with Crippen LogP contribution >= 0.6 is 50.9 Å². The van der Waals surface area contributed by atoms with Crippen LogP contribution in [0.1, 0.15) is 65.0 Å². The van der Waals surface area contributed by atoms with Crippen LogP contribution in [0.3, 0.4) is 0 Å². The SMILES string of the molecule is CCOc1cc(/C=C2\SC(=Nc3cc4c5c(c3)[C@H](c3ccccc3)CCN5CC[C@@H]4c3ccccc3)NC2=O)cc(Br)c1OCc1ccc(Cl)cc1Cl. The highest BCUT2D eigenvalue weighted by Crippen LogP contribution is 2.50. The van der Waals surface area contributed by atoms with E-state index >= 15 is 0 Å². The van der Waals surface area contributed by atoms with Gasteiger partial charge in [0.1, 0.15) is 6.61 Å². The van der Waals surface area contributed by atoms with Crippen molar-refractivity contribution < 1.29 is 14.3 Å². The normalized spacial score (nSPS) is 19.3. The van der Waals surface area contributed by atoms with Gasteiger partial charge in [-0.1, -0.05) is 89.9 Å². The van der Waals surface area contributed by atoms with Gasteiger partial charge >= 0.3 is 0 Å². The molecule has 268 valence electrons. The molecule has 6 nitrogen and oxygen atoms in total. The van der Waals surface area contributed by atoms with Gasteiger partial charge in [-0.25, -0.2) is 4.99 Å². The molecule has 8 rings (SSSR count). The van der Waals surface area contributed by atoms with Crippen LogP contribution in [0.5, 0.6) is 11.5 Å². The van der Waals surface area contributed by atoms with Crippen LogP contribution in [0, 0.1) is 0 Å². The predicted octanol–water partition coefficient (Wildman–Crippen LogP) is 11.5. The largest absolute Gasteiger partial charge is 0.490 e. The van der Waals surface area contributed by atoms with Gasteiger partial charge < -0.3 is 19.7 Å². The van der Waals surface area contributed by atoms with Gasteiger partial charge in [0.05, 0.1) is 21.7 Å². The van der Waals surface area contributed by atoms with Crippen molar-refractivity contribution in [1.82, 2.24) is 5.32 Å². The third-order valence-electron chi connectivity index (χ3n) is 9.90. The summed E-state index contributed by atoms with van der Waals surface area (Å²) in [6.45, 7) is 4.64. The zero-order chi connectivity index (χ0) is 36.5. The Morgan fingerprint density at radius 3 is 2.17 bits per heavy atom. The number of halogens is 3. The first-order valence-electron chi connectivity index (χ1n) is 17.7. The van der Waals surface area contributed by atoms with Gasteiger partial charge in [0.15, 0.2) is 16.7 Å². The zero-order valence-electron chi connectivity index (χ0n) is 29.0. The second-order valence-corrected chi connectivity index (χ2v) is 16.0. The van der Waals surface area contributed by atoms with E-state index in [2.05, 4.69) is 98.9 Å². The topological polar surface area (TPSA) is 63.2 Å². The van der Waals surface area contributed by atoms with Gasteiger partial charge in [0.25, 0.3) is 5.91 Å². The minimum absolute atomic E-state index is 0.199. The Hall–Kier alpha value is -4.21. The van der Waals surface area contributed by atoms with E-state index < -0.39 is 0 Å². The molecule has 3 aliphatic heterocycles. The lowest BCUT2D eigenvalue weighted by atomic mass is 9.76. The minimum atomic E-state index is -0.199. The molecule has 0 unspecified atom stereocenters. The summed E-state index contributed by atoms with van der Waals surface area (Å²) in [6.07, 6.45) is 3.94. The monoisotopic (exact) mass is 823 g/mol. The molecule has 1 N–H and O–H groups in total. The average molecular weight is 826 g/mol. The molecule has 3 heterocycles. The number of hydrogen-bond donors (Lipinski definition) is 1. The van der Waals surface area contributed by atoms with E-state index in [0.29, 0.717) is 42.7 Å². The fourth-order valence-electron chi connectivity index (χ4n) is 7.52. The quantitative estimate of drug-likeness (QED) is 0.150. The molecular weight excluding hydrogens is 789 g/mol. The summed E-state index contributed by atoms with van der Waals surface area (Å²) in [6, 6.07) is 35.1. The van der Waals surface area contributed by atoms with Gasteiger partial charge in [-0.3, -0.25) is 4.79 Å². The highest BCUT2D eigenvalue weighted by Gasteiger charge is 2.35. The smallest absolute Gasteiger partial charge is 0.264 e. The summed E-state index contributed by atoms with van der Waals surface area (Å²) in [5, 5.41) is 4.66. The Morgan fingerprint density at radius 2 is 1.55 bits per heavy atom. The molecule has 1 fully saturated rings. The maximum Gasteiger partial charge on any atom is 0.264 e. The van der Waals surface area contributed by atoms with Gasteiger partial charge in [-0.2, -0.15) is 0 Å². The van der Waals surface area contributed by atoms with Crippen molar-refractivity contribution in [3.63, 3.8) is 0 Å². The Bertz CT molecular complexity index is 2180. The third kappa shape index (κ3) is 7.60. The number of carbonyl (C=O) groups is 1. The molecule has 3 aliphatic rings. The first kappa shape index (κ1) is 35.8. The fourth-order valence-corrected chi connectivity index (χ4v) is 9.40. The van der Waals surface area contributed by atoms with Crippen LogP contribution in [-0.4, -0.2) is 30.8 Å². The lowest BCUT2D eigenvalue weighted by Gasteiger charge is -2.43. The lowest BCUT2D eigenvalue weighted by molar-refractivity contribution is -0.115. The summed E-state index contributed by atoms with van der Waals surface area (Å²) in [5.74, 6) is 1.43. The van der Waals surface area contributed by atoms with Crippen LogP contribution in [0.15, 0.2) is 117 Å². The molecule has 0 aliphatic carbocycles. The van der Waals surface area contributed by atoms with Crippen molar-refractivity contribution in [2.45, 2.75) is 38.2 Å². The number of amides is 1. The van der Waals surface area contributed by atoms with Crippen molar-refractivity contribution in [3.05, 3.63) is 156 Å². The van der Waals surface area contributed by atoms with E-state index in [-0.39, 0.29) is 24.3 Å². The molecule has 1 amide bonds. The minimum Gasteiger partial charge on any atom is -0.490 e. The molecule has 5 aromatic rings. The Balaban J connectivity index is 1.11. The van der Waals surface area contributed by atoms with Crippen LogP contribution in [0.4, 0.5) is 11.4 Å². The second kappa shape index (κ2) is 15.6. The average Bonchev–Trinajstić information content (AvgIpc) is 3.50. The zero-order valence-corrected chi connectivity index (χ0v) is 32.9. The molecule has 2 atom stereocenters. The third-order valence-corrected chi connectivity index (χ3v) is 12.0. The number of hydrogen-bond acceptors (Lipinski definition) is 6. The molecule has 10 heteroatoms. The molecule has 0 bridgehead atoms. The molecule has 0 saturated carbocycles. The summed E-state index contributed by atoms with van der Waals surface area (Å²) in [7, 11) is 0. The van der Waals surface area contributed by atoms with Crippen molar-refractivity contribution in [3.8, 4) is 11.5 Å². The van der Waals surface area contributed by atoms with Gasteiger partial charge in [-0.05, 0) is 118 Å². The molecular formula is C43H36BrCl2N3O3S. The number of aliphatic imine (C=N–C) groups is 1. The van der Waals surface area contributed by atoms with Crippen molar-refractivity contribution in [2.24, 2.45) is 4.99 Å². The standard InChI is InChI=1S/C43H36BrCl2N3O3S/c1-2-51-38-20-26(19-36(44)41(38)52-25-29-13-14-30(45)22-37(29)46)21-39-42(50)48-43(53-39)47-31-23-34-32(27-9-5-3-6-10-27)15-17-49-18-16-33(35(24-31)40(34)49)28-11-7-4-8-12-28/h3-14,19-24,32-33H,2,15-18,25H2,1H3,(H,47,48,50)/b39-21-/t32-,33+. The Morgan fingerprint density at radius 1 is 0.887 bits per heavy atom. The van der Waals surface area contributed by atoms with E-state index in [1.54, 1.807) is 12.1 Å². The number of rotatable bonds is 9. The summed E-state index contributed by atoms with van der Waals surface area (Å²) < 4.78 is 12.8. The maximum absolute atomic E-state index is 13.4. The molecule has 1 saturated heterocycles. The molecule has 0 spiro atoms. The number of carbonyl (C=O) groups excluding carboxylic acids is 1. The Kier molecular flexibility index (Phi) is 10.6. The van der Waals surface area contributed by atoms with E-state index in [4.69, 9.17) is 37.7 Å². The lowest BCUT2D eigenvalue weighted by Crippen LogP contribution is -2.37. The van der Waals surface area contributed by atoms with Gasteiger partial charge in [0, 0.05) is 46.2 Å². The Labute approximate surface area is 332 Å². The fraction of sp³-hybridized carbons (Fsp3) is 0.209. The molecule has 0 aromatic heterocycles. The van der Waals surface area contributed by atoms with Crippen LogP contribution < -0.4 is 19.7 Å². The number of amidine groups is 1. The summed E-state index contributed by atoms with van der Waals surface area (Å²) in [4.78, 5) is 21.5. The van der Waals surface area contributed by atoms with Gasteiger partial charge in [0.2, 0.25) is 0 Å². The number of benzene rings is 5. The first-order valence-corrected chi connectivity index (χ1v) is 20.1. The van der Waals surface area contributed by atoms with Crippen molar-refractivity contribution in [2.75, 3.05) is 24.6 Å². The first-order chi connectivity index (χ1) is 25.8. The van der Waals surface area contributed by atoms with Crippen molar-refractivity contribution >= 4 is 79.4 Å². The van der Waals surface area contributed by atoms with Crippen LogP contribution in [0.2, 0.25) is 10.0 Å². The van der Waals surface area contributed by atoms with E-state index in [0.717, 1.165) is 42.7 Å². The molecule has 53 heavy (non-hydrogen) atoms. The highest BCUT2D eigenvalue weighted by atomic mass is 79.9. The summed E-state index contributed by atoms with van der Waals surface area (Å²) >= 11 is 17.5. The number of anilines is 1. The second-order valence-electron chi connectivity index (χ2n) is 13.2. The van der Waals surface area contributed by atoms with E-state index in [1.165, 1.54) is 39.7 Å². The predicted molar refractivity (Wildman–Crippen MR) is 221 cm³/mol. The van der Waals surface area contributed by atoms with E-state index in [1.807, 2.05) is 31.2 Å². The maximum atomic E-state index is 13.4. The van der Waals surface area contributed by atoms with Gasteiger partial charge in [-0.15, -0.1) is 0 Å². The number of ether oxygens (including phenoxy) is 2. The van der Waals surface area contributed by atoms with Crippen LogP contribution in [-0.2, 0) is 11.4 Å². The highest BCUT2D eigenvalue weighted by molar-refractivity contribution is 9.10. The van der Waals surface area contributed by atoms with Crippen LogP contribution in [0.25, 0.3) is 6.08 Å². The van der Waals surface area contributed by atoms with Crippen molar-refractivity contribution in [1.29, 1.82) is 0 Å². The molecule has 5 aromatic carbocycles. The number of thioether (sulfide) groups is 1. The number of nitrogens with zero attached hydrogens (tertiary/aromatic N) is 2. The van der Waals surface area contributed by atoms with E-state index in [9.17, 15) is 4.79 Å². The molecule has 0 radical (unpaired) electrons. The number of nitrogens with one attached hydrogen (secondary N) is 1. The summed E-state index contributed by atoms with van der Waals surface area (Å²) in [5.41, 5.74) is 9.02.